The molecule has 0 aromatic carbocycles. The van der Waals surface area contributed by atoms with Crippen molar-refractivity contribution in [2.24, 2.45) is 5.16 Å². The number of Topliss-reactive ketones (excluding diaryl/α,β-unsaturated/α-hetero) is 1. The summed E-state index contributed by atoms with van der Waals surface area (Å²) in [7, 11) is 0. The topological polar surface area (TPSA) is 100 Å². The van der Waals surface area contributed by atoms with Gasteiger partial charge in [0.2, 0.25) is 0 Å². The fourth-order valence-electron chi connectivity index (χ4n) is 2.51. The van der Waals surface area contributed by atoms with E-state index < -0.39 is 6.04 Å². The zero-order valence-corrected chi connectivity index (χ0v) is 15.5. The van der Waals surface area contributed by atoms with Crippen molar-refractivity contribution >= 4 is 17.5 Å². The van der Waals surface area contributed by atoms with Gasteiger partial charge in [-0.1, -0.05) is 31.2 Å². The maximum atomic E-state index is 12.5. The number of carbonyl (C=O) groups excluding carboxylic acids is 2. The number of ketones is 1. The van der Waals surface area contributed by atoms with Crippen LogP contribution in [-0.2, 0) is 9.63 Å². The number of urea groups is 1. The second-order valence-corrected chi connectivity index (χ2v) is 7.07. The fraction of sp³-hybridized carbons (Fsp3) is 0.611. The summed E-state index contributed by atoms with van der Waals surface area (Å²) < 4.78 is 0. The number of nitrogens with zero attached hydrogens (tertiary/aromatic N) is 1. The van der Waals surface area contributed by atoms with Crippen LogP contribution in [-0.4, -0.2) is 40.8 Å². The first kappa shape index (κ1) is 20.7. The molecule has 0 spiro atoms. The van der Waals surface area contributed by atoms with Gasteiger partial charge in [-0.25, -0.2) is 4.79 Å². The smallest absolute Gasteiger partial charge is 0.315 e. The predicted octanol–water partition coefficient (Wildman–Crippen LogP) is 2.99. The number of hydrogen-bond acceptors (Lipinski definition) is 5. The van der Waals surface area contributed by atoms with E-state index in [4.69, 9.17) is 4.84 Å². The van der Waals surface area contributed by atoms with Gasteiger partial charge in [0.25, 0.3) is 0 Å². The number of allylic oxidation sites excluding steroid dienone is 1. The van der Waals surface area contributed by atoms with Crippen LogP contribution in [0.15, 0.2) is 29.1 Å². The third-order valence-electron chi connectivity index (χ3n) is 3.41. The highest BCUT2D eigenvalue weighted by Crippen LogP contribution is 2.24. The normalized spacial score (nSPS) is 18.8. The molecule has 0 aromatic heterocycles. The quantitative estimate of drug-likeness (QED) is 0.284. The lowest BCUT2D eigenvalue weighted by Crippen LogP contribution is -2.50. The summed E-state index contributed by atoms with van der Waals surface area (Å²) in [5.74, 6) is -0.314. The SMILES string of the molecule is C=CCON=C(CCC)C1=C(O)CC(NC(=O)NC(C)(C)C)CC1=O. The molecule has 0 fully saturated rings. The minimum atomic E-state index is -0.449. The monoisotopic (exact) mass is 351 g/mol. The number of carbonyl (C=O) groups is 2. The zero-order chi connectivity index (χ0) is 19.0. The van der Waals surface area contributed by atoms with Crippen LogP contribution < -0.4 is 10.6 Å². The summed E-state index contributed by atoms with van der Waals surface area (Å²) in [6.45, 7) is 11.3. The van der Waals surface area contributed by atoms with Crippen molar-refractivity contribution in [3.05, 3.63) is 24.0 Å². The van der Waals surface area contributed by atoms with Gasteiger partial charge in [-0.15, -0.1) is 0 Å². The van der Waals surface area contributed by atoms with E-state index in [2.05, 4.69) is 22.4 Å². The molecule has 1 aliphatic carbocycles. The Labute approximate surface area is 149 Å². The molecule has 7 heteroatoms. The zero-order valence-electron chi connectivity index (χ0n) is 15.5. The van der Waals surface area contributed by atoms with E-state index >= 15 is 0 Å². The van der Waals surface area contributed by atoms with Crippen LogP contribution in [0, 0.1) is 0 Å². The molecule has 140 valence electrons. The first-order chi connectivity index (χ1) is 11.7. The average molecular weight is 351 g/mol. The van der Waals surface area contributed by atoms with E-state index in [1.807, 2.05) is 27.7 Å². The molecule has 0 heterocycles. The van der Waals surface area contributed by atoms with Crippen LogP contribution in [0.1, 0.15) is 53.4 Å². The Hall–Kier alpha value is -2.31. The van der Waals surface area contributed by atoms with E-state index in [-0.39, 0.29) is 48.1 Å². The number of rotatable bonds is 7. The molecular weight excluding hydrogens is 322 g/mol. The molecule has 1 rings (SSSR count). The third-order valence-corrected chi connectivity index (χ3v) is 3.41. The Morgan fingerprint density at radius 3 is 2.64 bits per heavy atom. The Morgan fingerprint density at radius 2 is 2.12 bits per heavy atom. The molecule has 0 saturated heterocycles. The molecule has 1 aliphatic rings. The maximum Gasteiger partial charge on any atom is 0.315 e. The summed E-state index contributed by atoms with van der Waals surface area (Å²) in [5, 5.41) is 19.8. The first-order valence-electron chi connectivity index (χ1n) is 8.52. The van der Waals surface area contributed by atoms with Gasteiger partial charge in [0, 0.05) is 24.4 Å². The molecule has 0 aromatic rings. The first-order valence-corrected chi connectivity index (χ1v) is 8.52. The van der Waals surface area contributed by atoms with Crippen LogP contribution in [0.5, 0.6) is 0 Å². The summed E-state index contributed by atoms with van der Waals surface area (Å²) in [6.07, 6.45) is 3.13. The third kappa shape index (κ3) is 6.99. The molecule has 0 saturated carbocycles. The van der Waals surface area contributed by atoms with Crippen molar-refractivity contribution in [1.29, 1.82) is 0 Å². The minimum absolute atomic E-state index is 0.0632. The van der Waals surface area contributed by atoms with E-state index in [0.717, 1.165) is 6.42 Å². The van der Waals surface area contributed by atoms with Crippen molar-refractivity contribution < 1.29 is 19.5 Å². The molecule has 0 radical (unpaired) electrons. The Morgan fingerprint density at radius 1 is 1.44 bits per heavy atom. The summed E-state index contributed by atoms with van der Waals surface area (Å²) in [4.78, 5) is 29.5. The highest BCUT2D eigenvalue weighted by molar-refractivity contribution is 6.23. The van der Waals surface area contributed by atoms with Gasteiger partial charge in [0.1, 0.15) is 12.4 Å². The average Bonchev–Trinajstić information content (AvgIpc) is 2.44. The molecule has 1 atom stereocenters. The van der Waals surface area contributed by atoms with Gasteiger partial charge >= 0.3 is 6.03 Å². The van der Waals surface area contributed by atoms with Gasteiger partial charge in [-0.3, -0.25) is 4.79 Å². The number of aliphatic hydroxyl groups is 1. The molecule has 1 unspecified atom stereocenters. The largest absolute Gasteiger partial charge is 0.511 e. The standard InChI is InChI=1S/C18H29N3O4/c1-6-8-13(21-25-9-7-2)16-14(22)10-12(11-15(16)23)19-17(24)20-18(3,4)5/h7,12,22H,2,6,8-11H2,1,3-5H3,(H2,19,20,24). The second kappa shape index (κ2) is 9.25. The highest BCUT2D eigenvalue weighted by Gasteiger charge is 2.31. The van der Waals surface area contributed by atoms with Gasteiger partial charge in [-0.2, -0.15) is 0 Å². The molecule has 25 heavy (non-hydrogen) atoms. The number of oxime groups is 1. The van der Waals surface area contributed by atoms with Gasteiger partial charge in [0.05, 0.1) is 11.3 Å². The molecular formula is C18H29N3O4. The number of nitrogens with one attached hydrogen (secondary N) is 2. The van der Waals surface area contributed by atoms with Gasteiger partial charge in [-0.05, 0) is 27.2 Å². The molecule has 0 bridgehead atoms. The summed E-state index contributed by atoms with van der Waals surface area (Å²) >= 11 is 0. The van der Waals surface area contributed by atoms with Crippen LogP contribution in [0.4, 0.5) is 4.79 Å². The van der Waals surface area contributed by atoms with Crippen molar-refractivity contribution in [1.82, 2.24) is 10.6 Å². The number of hydrogen-bond donors (Lipinski definition) is 3. The van der Waals surface area contributed by atoms with Crippen molar-refractivity contribution in [2.75, 3.05) is 6.61 Å². The van der Waals surface area contributed by atoms with E-state index in [0.29, 0.717) is 12.1 Å². The van der Waals surface area contributed by atoms with Gasteiger partial charge < -0.3 is 20.6 Å². The lowest BCUT2D eigenvalue weighted by molar-refractivity contribution is -0.116. The van der Waals surface area contributed by atoms with E-state index in [9.17, 15) is 14.7 Å². The Bertz CT molecular complexity index is 573. The van der Waals surface area contributed by atoms with Crippen LogP contribution in [0.25, 0.3) is 0 Å². The predicted molar refractivity (Wildman–Crippen MR) is 97.6 cm³/mol. The summed E-state index contributed by atoms with van der Waals surface area (Å²) in [5.41, 5.74) is 0.263. The maximum absolute atomic E-state index is 12.5. The van der Waals surface area contributed by atoms with Gasteiger partial charge in [0.15, 0.2) is 5.78 Å². The minimum Gasteiger partial charge on any atom is -0.511 e. The van der Waals surface area contributed by atoms with Crippen molar-refractivity contribution in [2.45, 2.75) is 65.0 Å². The summed E-state index contributed by atoms with van der Waals surface area (Å²) in [6, 6.07) is -0.811. The van der Waals surface area contributed by atoms with Crippen LogP contribution in [0.2, 0.25) is 0 Å². The highest BCUT2D eigenvalue weighted by atomic mass is 16.6. The molecule has 2 amide bonds. The van der Waals surface area contributed by atoms with E-state index in [1.54, 1.807) is 6.08 Å². The van der Waals surface area contributed by atoms with Crippen molar-refractivity contribution in [3.63, 3.8) is 0 Å². The van der Waals surface area contributed by atoms with Crippen LogP contribution in [0.3, 0.4) is 0 Å². The molecule has 0 aliphatic heterocycles. The lowest BCUT2D eigenvalue weighted by atomic mass is 9.88. The Kier molecular flexibility index (Phi) is 7.67. The molecule has 3 N–H and O–H groups in total. The van der Waals surface area contributed by atoms with E-state index in [1.165, 1.54) is 0 Å². The van der Waals surface area contributed by atoms with Crippen molar-refractivity contribution in [3.8, 4) is 0 Å². The van der Waals surface area contributed by atoms with Crippen LogP contribution >= 0.6 is 0 Å². The second-order valence-electron chi connectivity index (χ2n) is 7.07. The fourth-order valence-corrected chi connectivity index (χ4v) is 2.51. The Balaban J connectivity index is 2.87. The number of aliphatic hydroxyl groups excluding tert-OH is 1. The molecule has 7 nitrogen and oxygen atoms in total. The lowest BCUT2D eigenvalue weighted by Gasteiger charge is -2.27. The number of amides is 2.